The van der Waals surface area contributed by atoms with Crippen molar-refractivity contribution in [3.63, 3.8) is 0 Å². The molecule has 10 heteroatoms. The number of anilines is 2. The predicted octanol–water partition coefficient (Wildman–Crippen LogP) is 2.51. The van der Waals surface area contributed by atoms with Crippen molar-refractivity contribution < 1.29 is 4.79 Å². The Kier molecular flexibility index (Phi) is 6.18. The maximum absolute atomic E-state index is 14.1. The Hall–Kier alpha value is -5.30. The van der Waals surface area contributed by atoms with Gasteiger partial charge in [0, 0.05) is 37.2 Å². The van der Waals surface area contributed by atoms with Gasteiger partial charge in [0.25, 0.3) is 11.5 Å². The Morgan fingerprint density at radius 1 is 1.05 bits per heavy atom. The number of carbonyl (C=O) groups is 1. The predicted molar refractivity (Wildman–Crippen MR) is 147 cm³/mol. The highest BCUT2D eigenvalue weighted by molar-refractivity contribution is 6.03. The van der Waals surface area contributed by atoms with E-state index in [0.29, 0.717) is 27.7 Å². The number of aromatic nitrogens is 5. The van der Waals surface area contributed by atoms with E-state index in [9.17, 15) is 9.59 Å². The van der Waals surface area contributed by atoms with Crippen molar-refractivity contribution in [3.05, 3.63) is 99.7 Å². The monoisotopic (exact) mass is 506 g/mol. The van der Waals surface area contributed by atoms with E-state index in [1.807, 2.05) is 67.8 Å². The van der Waals surface area contributed by atoms with Gasteiger partial charge in [0.1, 0.15) is 11.4 Å². The highest BCUT2D eigenvalue weighted by Gasteiger charge is 2.24. The summed E-state index contributed by atoms with van der Waals surface area (Å²) in [4.78, 5) is 27.2. The maximum atomic E-state index is 14.1. The van der Waals surface area contributed by atoms with E-state index in [4.69, 9.17) is 11.5 Å². The van der Waals surface area contributed by atoms with Gasteiger partial charge in [-0.2, -0.15) is 10.2 Å². The van der Waals surface area contributed by atoms with Gasteiger partial charge in [0.2, 0.25) is 0 Å². The van der Waals surface area contributed by atoms with Crippen molar-refractivity contribution in [2.24, 2.45) is 14.1 Å². The van der Waals surface area contributed by atoms with Crippen LogP contribution in [0.15, 0.2) is 71.8 Å². The van der Waals surface area contributed by atoms with Gasteiger partial charge in [-0.05, 0) is 36.6 Å². The molecule has 0 saturated carbocycles. The molecule has 0 radical (unpaired) electrons. The van der Waals surface area contributed by atoms with E-state index in [1.54, 1.807) is 29.4 Å². The van der Waals surface area contributed by atoms with Crippen LogP contribution >= 0.6 is 0 Å². The van der Waals surface area contributed by atoms with Gasteiger partial charge in [0.05, 0.1) is 23.2 Å². The van der Waals surface area contributed by atoms with Crippen molar-refractivity contribution in [2.45, 2.75) is 13.0 Å². The average Bonchev–Trinajstić information content (AvgIpc) is 3.43. The minimum absolute atomic E-state index is 0.0329. The molecule has 0 spiro atoms. The molecule has 0 bridgehead atoms. The first kappa shape index (κ1) is 24.4. The van der Waals surface area contributed by atoms with E-state index in [2.05, 4.69) is 27.4 Å². The summed E-state index contributed by atoms with van der Waals surface area (Å²) in [5.41, 5.74) is 14.4. The molecule has 1 unspecified atom stereocenters. The third kappa shape index (κ3) is 4.37. The normalized spacial score (nSPS) is 11.7. The Bertz CT molecular complexity index is 1800. The van der Waals surface area contributed by atoms with Crippen molar-refractivity contribution in [1.82, 2.24) is 29.4 Å². The molecule has 5 rings (SSSR count). The topological polar surface area (TPSA) is 139 Å². The number of aryl methyl sites for hydroxylation is 2. The van der Waals surface area contributed by atoms with Crippen LogP contribution in [0.3, 0.4) is 0 Å². The average molecular weight is 507 g/mol. The number of nitrogens with one attached hydrogen (secondary N) is 1. The molecule has 3 aromatic heterocycles. The molecule has 5 N–H and O–H groups in total. The Morgan fingerprint density at radius 2 is 1.82 bits per heavy atom. The number of hydrogen-bond donors (Lipinski definition) is 3. The molecule has 2 aromatic carbocycles. The largest absolute Gasteiger partial charge is 0.383 e. The van der Waals surface area contributed by atoms with Crippen molar-refractivity contribution in [1.29, 1.82) is 0 Å². The highest BCUT2D eigenvalue weighted by atomic mass is 16.2. The molecule has 0 fully saturated rings. The lowest BCUT2D eigenvalue weighted by Gasteiger charge is -2.21. The first-order valence-electron chi connectivity index (χ1n) is 11.9. The number of nitrogen functional groups attached to an aromatic ring is 2. The number of amides is 1. The maximum Gasteiger partial charge on any atom is 0.264 e. The van der Waals surface area contributed by atoms with E-state index in [1.165, 1.54) is 4.68 Å². The zero-order valence-corrected chi connectivity index (χ0v) is 21.1. The fourth-order valence-electron chi connectivity index (χ4n) is 4.41. The fourth-order valence-corrected chi connectivity index (χ4v) is 4.41. The Morgan fingerprint density at radius 3 is 2.47 bits per heavy atom. The molecule has 0 saturated heterocycles. The number of nitrogens with two attached hydrogens (primary N) is 2. The van der Waals surface area contributed by atoms with Crippen LogP contribution in [0.2, 0.25) is 0 Å². The number of fused-ring (bicyclic) bond motifs is 1. The second-order valence-corrected chi connectivity index (χ2v) is 8.93. The summed E-state index contributed by atoms with van der Waals surface area (Å²) < 4.78 is 4.61. The van der Waals surface area contributed by atoms with Crippen molar-refractivity contribution in [2.75, 3.05) is 11.5 Å². The van der Waals surface area contributed by atoms with Gasteiger partial charge in [-0.15, -0.1) is 0 Å². The summed E-state index contributed by atoms with van der Waals surface area (Å²) >= 11 is 0. The third-order valence-electron chi connectivity index (χ3n) is 6.27. The zero-order valence-electron chi connectivity index (χ0n) is 21.1. The van der Waals surface area contributed by atoms with Crippen LogP contribution in [0.5, 0.6) is 0 Å². The van der Waals surface area contributed by atoms with Gasteiger partial charge in [-0.3, -0.25) is 23.5 Å². The quantitative estimate of drug-likeness (QED) is 0.320. The third-order valence-corrected chi connectivity index (χ3v) is 6.27. The second kappa shape index (κ2) is 9.63. The van der Waals surface area contributed by atoms with Crippen LogP contribution in [0.1, 0.15) is 40.1 Å². The first-order chi connectivity index (χ1) is 18.2. The molecule has 1 atom stereocenters. The number of pyridine rings is 1. The molecular weight excluding hydrogens is 480 g/mol. The minimum Gasteiger partial charge on any atom is -0.383 e. The standard InChI is InChI=1S/C28H26N8O2/c1-17(32-27(37)24-25(29)33-35(3)26(24)30)22-14-20-9-7-8-19(13-12-18-15-31-34(2)16-18)23(20)28(38)36(22)21-10-5-4-6-11-21/h4-11,14-17H,30H2,1-3H3,(H2,29,33)(H,32,37). The minimum atomic E-state index is -0.580. The van der Waals surface area contributed by atoms with E-state index in [-0.39, 0.29) is 22.8 Å². The van der Waals surface area contributed by atoms with Crippen LogP contribution in [0.4, 0.5) is 11.6 Å². The number of benzene rings is 2. The Balaban J connectivity index is 1.65. The van der Waals surface area contributed by atoms with E-state index < -0.39 is 11.9 Å². The van der Waals surface area contributed by atoms with Crippen LogP contribution in [-0.2, 0) is 14.1 Å². The first-order valence-corrected chi connectivity index (χ1v) is 11.9. The summed E-state index contributed by atoms with van der Waals surface area (Å²) in [5, 5.41) is 12.3. The summed E-state index contributed by atoms with van der Waals surface area (Å²) in [5.74, 6) is 5.92. The smallest absolute Gasteiger partial charge is 0.264 e. The Labute approximate surface area is 218 Å². The van der Waals surface area contributed by atoms with E-state index in [0.717, 1.165) is 5.56 Å². The number of rotatable bonds is 4. The molecule has 3 heterocycles. The fraction of sp³-hybridized carbons (Fsp3) is 0.143. The molecule has 0 aliphatic heterocycles. The van der Waals surface area contributed by atoms with Crippen LogP contribution in [-0.4, -0.2) is 30.0 Å². The van der Waals surface area contributed by atoms with Crippen molar-refractivity contribution in [3.8, 4) is 17.5 Å². The number of para-hydroxylation sites is 1. The molecule has 0 aliphatic carbocycles. The molecule has 10 nitrogen and oxygen atoms in total. The van der Waals surface area contributed by atoms with Crippen molar-refractivity contribution >= 4 is 28.3 Å². The van der Waals surface area contributed by atoms with Gasteiger partial charge < -0.3 is 16.8 Å². The summed E-state index contributed by atoms with van der Waals surface area (Å²) in [7, 11) is 3.43. The van der Waals surface area contributed by atoms with Gasteiger partial charge in [0.15, 0.2) is 5.82 Å². The lowest BCUT2D eigenvalue weighted by molar-refractivity contribution is 0.0940. The number of hydrogen-bond acceptors (Lipinski definition) is 6. The zero-order chi connectivity index (χ0) is 27.0. The van der Waals surface area contributed by atoms with Crippen LogP contribution < -0.4 is 22.3 Å². The lowest BCUT2D eigenvalue weighted by atomic mass is 10.0. The summed E-state index contributed by atoms with van der Waals surface area (Å²) in [6.07, 6.45) is 3.48. The number of carbonyl (C=O) groups excluding carboxylic acids is 1. The van der Waals surface area contributed by atoms with Gasteiger partial charge >= 0.3 is 0 Å². The molecular formula is C28H26N8O2. The number of nitrogens with zero attached hydrogens (tertiary/aromatic N) is 5. The molecule has 5 aromatic rings. The highest BCUT2D eigenvalue weighted by Crippen LogP contribution is 2.25. The van der Waals surface area contributed by atoms with Crippen LogP contribution in [0.25, 0.3) is 16.5 Å². The summed E-state index contributed by atoms with van der Waals surface area (Å²) in [6, 6.07) is 16.1. The van der Waals surface area contributed by atoms with Gasteiger partial charge in [-0.1, -0.05) is 42.2 Å². The summed E-state index contributed by atoms with van der Waals surface area (Å²) in [6.45, 7) is 1.80. The van der Waals surface area contributed by atoms with Crippen LogP contribution in [0, 0.1) is 11.8 Å². The van der Waals surface area contributed by atoms with E-state index >= 15 is 0 Å². The second-order valence-electron chi connectivity index (χ2n) is 8.93. The lowest BCUT2D eigenvalue weighted by Crippen LogP contribution is -2.32. The SMILES string of the molecule is CC(NC(=O)c1c(N)nn(C)c1N)c1cc2cccc(C#Cc3cnn(C)c3)c2c(=O)n1-c1ccccc1. The molecule has 38 heavy (non-hydrogen) atoms. The molecule has 190 valence electrons. The molecule has 0 aliphatic rings. The van der Waals surface area contributed by atoms with Gasteiger partial charge in [-0.25, -0.2) is 0 Å². The molecule has 1 amide bonds.